The molecule has 0 fully saturated rings. The molecule has 0 aliphatic heterocycles. The highest BCUT2D eigenvalue weighted by atomic mass is 35.5. The van der Waals surface area contributed by atoms with E-state index in [-0.39, 0.29) is 12.5 Å². The quantitative estimate of drug-likeness (QED) is 0.596. The minimum atomic E-state index is -0.514. The second-order valence-electron chi connectivity index (χ2n) is 6.15. The molecule has 0 saturated heterocycles. The van der Waals surface area contributed by atoms with E-state index in [9.17, 15) is 9.90 Å². The van der Waals surface area contributed by atoms with Gasteiger partial charge in [-0.1, -0.05) is 35.9 Å². The van der Waals surface area contributed by atoms with Crippen molar-refractivity contribution in [3.05, 3.63) is 59.1 Å². The van der Waals surface area contributed by atoms with Gasteiger partial charge in [0.15, 0.2) is 0 Å². The Bertz CT molecular complexity index is 907. The molecule has 26 heavy (non-hydrogen) atoms. The van der Waals surface area contributed by atoms with E-state index in [1.165, 1.54) is 0 Å². The third-order valence-corrected chi connectivity index (χ3v) is 4.13. The minimum Gasteiger partial charge on any atom is -0.392 e. The molecule has 0 aliphatic carbocycles. The highest BCUT2D eigenvalue weighted by Crippen LogP contribution is 2.19. The zero-order valence-corrected chi connectivity index (χ0v) is 15.2. The van der Waals surface area contributed by atoms with Gasteiger partial charge in [0.05, 0.1) is 17.1 Å². The first-order valence-corrected chi connectivity index (χ1v) is 8.79. The number of carbonyl (C=O) groups is 1. The normalized spacial score (nSPS) is 12.1. The van der Waals surface area contributed by atoms with Crippen LogP contribution < -0.4 is 10.6 Å². The van der Waals surface area contributed by atoms with Crippen LogP contribution in [-0.2, 0) is 17.9 Å². The number of nitrogens with zero attached hydrogens (tertiary/aromatic N) is 2. The molecule has 1 atom stereocenters. The van der Waals surface area contributed by atoms with E-state index in [1.54, 1.807) is 13.0 Å². The van der Waals surface area contributed by atoms with Gasteiger partial charge in [0.2, 0.25) is 11.9 Å². The van der Waals surface area contributed by atoms with E-state index < -0.39 is 6.10 Å². The molecule has 2 aromatic carbocycles. The van der Waals surface area contributed by atoms with Crippen molar-refractivity contribution in [2.45, 2.75) is 26.1 Å². The molecule has 6 nitrogen and oxygen atoms in total. The van der Waals surface area contributed by atoms with Gasteiger partial charge in [-0.05, 0) is 36.8 Å². The number of benzene rings is 2. The van der Waals surface area contributed by atoms with E-state index >= 15 is 0 Å². The fraction of sp³-hybridized carbons (Fsp3) is 0.263. The Morgan fingerprint density at radius 3 is 2.85 bits per heavy atom. The van der Waals surface area contributed by atoms with Crippen LogP contribution in [-0.4, -0.2) is 33.2 Å². The van der Waals surface area contributed by atoms with E-state index in [2.05, 4.69) is 15.6 Å². The van der Waals surface area contributed by atoms with E-state index in [0.29, 0.717) is 24.1 Å². The van der Waals surface area contributed by atoms with Crippen molar-refractivity contribution < 1.29 is 9.90 Å². The standard InChI is InChI=1S/C19H21ClN4O2/c1-13(25)10-22-19-23-16-7-2-3-8-17(16)24(19)12-18(26)21-11-14-5-4-6-15(20)9-14/h2-9,13,25H,10-12H2,1H3,(H,21,26)(H,22,23). The number of aromatic nitrogens is 2. The first kappa shape index (κ1) is 18.2. The van der Waals surface area contributed by atoms with Crippen LogP contribution in [0.3, 0.4) is 0 Å². The fourth-order valence-corrected chi connectivity index (χ4v) is 2.87. The van der Waals surface area contributed by atoms with Gasteiger partial charge >= 0.3 is 0 Å². The van der Waals surface area contributed by atoms with Crippen LogP contribution in [0.5, 0.6) is 0 Å². The lowest BCUT2D eigenvalue weighted by Gasteiger charge is -2.12. The number of hydrogen-bond donors (Lipinski definition) is 3. The van der Waals surface area contributed by atoms with E-state index in [1.807, 2.05) is 47.0 Å². The molecule has 0 spiro atoms. The number of nitrogens with one attached hydrogen (secondary N) is 2. The van der Waals surface area contributed by atoms with Crippen LogP contribution in [0.4, 0.5) is 5.95 Å². The molecular weight excluding hydrogens is 352 g/mol. The minimum absolute atomic E-state index is 0.128. The van der Waals surface area contributed by atoms with Gasteiger partial charge in [-0.15, -0.1) is 0 Å². The van der Waals surface area contributed by atoms with Crippen LogP contribution >= 0.6 is 11.6 Å². The number of hydrogen-bond acceptors (Lipinski definition) is 4. The fourth-order valence-electron chi connectivity index (χ4n) is 2.66. The molecule has 1 unspecified atom stereocenters. The van der Waals surface area contributed by atoms with Crippen molar-refractivity contribution in [3.8, 4) is 0 Å². The molecule has 0 aliphatic rings. The van der Waals surface area contributed by atoms with Crippen molar-refractivity contribution in [2.24, 2.45) is 0 Å². The Balaban J connectivity index is 1.73. The van der Waals surface area contributed by atoms with Crippen molar-refractivity contribution in [3.63, 3.8) is 0 Å². The van der Waals surface area contributed by atoms with Crippen molar-refractivity contribution in [1.82, 2.24) is 14.9 Å². The van der Waals surface area contributed by atoms with Crippen LogP contribution in [0.1, 0.15) is 12.5 Å². The lowest BCUT2D eigenvalue weighted by atomic mass is 10.2. The largest absolute Gasteiger partial charge is 0.392 e. The number of aliphatic hydroxyl groups excluding tert-OH is 1. The maximum Gasteiger partial charge on any atom is 0.240 e. The number of para-hydroxylation sites is 2. The van der Waals surface area contributed by atoms with Gasteiger partial charge in [-0.2, -0.15) is 0 Å². The molecular formula is C19H21ClN4O2. The zero-order valence-electron chi connectivity index (χ0n) is 14.4. The number of halogens is 1. The molecule has 7 heteroatoms. The van der Waals surface area contributed by atoms with Crippen LogP contribution in [0.2, 0.25) is 5.02 Å². The number of anilines is 1. The number of rotatable bonds is 7. The molecule has 3 rings (SSSR count). The Morgan fingerprint density at radius 2 is 2.08 bits per heavy atom. The molecule has 3 N–H and O–H groups in total. The van der Waals surface area contributed by atoms with E-state index in [0.717, 1.165) is 16.6 Å². The van der Waals surface area contributed by atoms with Gasteiger partial charge in [0, 0.05) is 18.1 Å². The number of aliphatic hydroxyl groups is 1. The predicted molar refractivity (Wildman–Crippen MR) is 103 cm³/mol. The Labute approximate surface area is 156 Å². The second-order valence-corrected chi connectivity index (χ2v) is 6.58. The summed E-state index contributed by atoms with van der Waals surface area (Å²) < 4.78 is 1.81. The molecule has 1 amide bonds. The Hall–Kier alpha value is -2.57. The Morgan fingerprint density at radius 1 is 1.27 bits per heavy atom. The summed E-state index contributed by atoms with van der Waals surface area (Å²) in [5, 5.41) is 16.1. The summed E-state index contributed by atoms with van der Waals surface area (Å²) >= 11 is 5.97. The van der Waals surface area contributed by atoms with Crippen molar-refractivity contribution >= 4 is 34.5 Å². The molecule has 1 aromatic heterocycles. The lowest BCUT2D eigenvalue weighted by molar-refractivity contribution is -0.121. The molecule has 0 saturated carbocycles. The zero-order chi connectivity index (χ0) is 18.5. The second kappa shape index (κ2) is 8.21. The highest BCUT2D eigenvalue weighted by Gasteiger charge is 2.14. The smallest absolute Gasteiger partial charge is 0.240 e. The summed E-state index contributed by atoms with van der Waals surface area (Å²) in [6.07, 6.45) is -0.514. The third kappa shape index (κ3) is 4.53. The van der Waals surface area contributed by atoms with Crippen LogP contribution in [0, 0.1) is 0 Å². The molecule has 0 bridgehead atoms. The average Bonchev–Trinajstić information content (AvgIpc) is 2.96. The summed E-state index contributed by atoms with van der Waals surface area (Å²) in [5.41, 5.74) is 2.59. The van der Waals surface area contributed by atoms with Crippen molar-refractivity contribution in [1.29, 1.82) is 0 Å². The summed E-state index contributed by atoms with van der Waals surface area (Å²) in [6, 6.07) is 15.0. The average molecular weight is 373 g/mol. The Kier molecular flexibility index (Phi) is 5.75. The molecule has 3 aromatic rings. The lowest BCUT2D eigenvalue weighted by Crippen LogP contribution is -2.28. The highest BCUT2D eigenvalue weighted by molar-refractivity contribution is 6.30. The van der Waals surface area contributed by atoms with Crippen molar-refractivity contribution in [2.75, 3.05) is 11.9 Å². The SMILES string of the molecule is CC(O)CNc1nc2ccccc2n1CC(=O)NCc1cccc(Cl)c1. The van der Waals surface area contributed by atoms with Gasteiger partial charge < -0.3 is 20.3 Å². The maximum absolute atomic E-state index is 12.4. The van der Waals surface area contributed by atoms with Gasteiger partial charge in [-0.3, -0.25) is 4.79 Å². The first-order valence-electron chi connectivity index (χ1n) is 8.41. The van der Waals surface area contributed by atoms with Crippen LogP contribution in [0.25, 0.3) is 11.0 Å². The van der Waals surface area contributed by atoms with E-state index in [4.69, 9.17) is 11.6 Å². The summed E-state index contributed by atoms with van der Waals surface area (Å²) in [7, 11) is 0. The summed E-state index contributed by atoms with van der Waals surface area (Å²) in [5.74, 6) is 0.429. The summed E-state index contributed by atoms with van der Waals surface area (Å²) in [6.45, 7) is 2.58. The topological polar surface area (TPSA) is 79.2 Å². The van der Waals surface area contributed by atoms with Crippen LogP contribution in [0.15, 0.2) is 48.5 Å². The monoisotopic (exact) mass is 372 g/mol. The molecule has 1 heterocycles. The number of carbonyl (C=O) groups excluding carboxylic acids is 1. The van der Waals surface area contributed by atoms with Gasteiger partial charge in [0.1, 0.15) is 6.54 Å². The first-order chi connectivity index (χ1) is 12.5. The number of fused-ring (bicyclic) bond motifs is 1. The predicted octanol–water partition coefficient (Wildman–Crippen LogP) is 2.80. The van der Waals surface area contributed by atoms with Gasteiger partial charge in [-0.25, -0.2) is 4.98 Å². The van der Waals surface area contributed by atoms with Gasteiger partial charge in [0.25, 0.3) is 0 Å². The number of imidazole rings is 1. The third-order valence-electron chi connectivity index (χ3n) is 3.89. The molecule has 136 valence electrons. The maximum atomic E-state index is 12.4. The molecule has 0 radical (unpaired) electrons. The number of amides is 1. The summed E-state index contributed by atoms with van der Waals surface area (Å²) in [4.78, 5) is 16.9.